The van der Waals surface area contributed by atoms with Gasteiger partial charge in [-0.05, 0) is 5.75 Å². The van der Waals surface area contributed by atoms with E-state index in [9.17, 15) is 5.11 Å². The third-order valence-corrected chi connectivity index (χ3v) is 0.959. The molecule has 0 radical (unpaired) electrons. The van der Waals surface area contributed by atoms with Crippen molar-refractivity contribution in [1.82, 2.24) is 0 Å². The van der Waals surface area contributed by atoms with Gasteiger partial charge in [-0.2, -0.15) is 0 Å². The summed E-state index contributed by atoms with van der Waals surface area (Å²) < 4.78 is 1.35. The van der Waals surface area contributed by atoms with Crippen LogP contribution in [0.1, 0.15) is 0 Å². The van der Waals surface area contributed by atoms with Crippen molar-refractivity contribution < 1.29 is 14.7 Å². The Morgan fingerprint density at radius 2 is 2.44 bits per heavy atom. The largest absolute Gasteiger partial charge is 0.868 e. The molecule has 9 heavy (non-hydrogen) atoms. The summed E-state index contributed by atoms with van der Waals surface area (Å²) in [6.07, 6.45) is 3.02. The zero-order valence-electron chi connectivity index (χ0n) is 5.07. The maximum Gasteiger partial charge on any atom is 0.222 e. The molecule has 0 aliphatic rings. The smallest absolute Gasteiger partial charge is 0.222 e. The van der Waals surface area contributed by atoms with Crippen LogP contribution in [0.3, 0.4) is 0 Å². The first-order valence-electron chi connectivity index (χ1n) is 2.56. The van der Waals surface area contributed by atoms with Crippen molar-refractivity contribution in [1.29, 1.82) is 0 Å². The summed E-state index contributed by atoms with van der Waals surface area (Å²) in [5.74, 6) is -0.0562. The summed E-state index contributed by atoms with van der Waals surface area (Å²) in [7, 11) is 1.50. The minimum atomic E-state index is -0.0562. The van der Waals surface area contributed by atoms with Gasteiger partial charge in [0.25, 0.3) is 0 Å². The highest BCUT2D eigenvalue weighted by Crippen LogP contribution is 1.93. The van der Waals surface area contributed by atoms with Gasteiger partial charge in [0.1, 0.15) is 7.11 Å². The Labute approximate surface area is 53.1 Å². The summed E-state index contributed by atoms with van der Waals surface area (Å²) in [6.45, 7) is 0. The number of pyridine rings is 1. The Kier molecular flexibility index (Phi) is 1.53. The first-order valence-corrected chi connectivity index (χ1v) is 2.56. The van der Waals surface area contributed by atoms with Gasteiger partial charge in [0.05, 0.1) is 0 Å². The van der Waals surface area contributed by atoms with Crippen molar-refractivity contribution in [3.63, 3.8) is 0 Å². The number of aromatic nitrogens is 1. The van der Waals surface area contributed by atoms with Crippen LogP contribution in [-0.2, 0) is 0 Å². The van der Waals surface area contributed by atoms with Gasteiger partial charge in [-0.25, -0.2) is 0 Å². The van der Waals surface area contributed by atoms with Gasteiger partial charge < -0.3 is 5.11 Å². The lowest BCUT2D eigenvalue weighted by molar-refractivity contribution is -0.886. The maximum atomic E-state index is 10.5. The molecule has 48 valence electrons. The predicted molar refractivity (Wildman–Crippen MR) is 28.6 cm³/mol. The summed E-state index contributed by atoms with van der Waals surface area (Å²) in [5, 5.41) is 10.5. The van der Waals surface area contributed by atoms with Crippen LogP contribution in [0.4, 0.5) is 0 Å². The Balaban J connectivity index is 2.94. The third kappa shape index (κ3) is 1.32. The van der Waals surface area contributed by atoms with Gasteiger partial charge in [0.2, 0.25) is 12.4 Å². The molecule has 1 heterocycles. The Morgan fingerprint density at radius 1 is 1.67 bits per heavy atom. The fourth-order valence-corrected chi connectivity index (χ4v) is 0.548. The summed E-state index contributed by atoms with van der Waals surface area (Å²) >= 11 is 0. The molecule has 0 unspecified atom stereocenters. The average molecular weight is 125 g/mol. The number of hydrogen-bond acceptors (Lipinski definition) is 2. The van der Waals surface area contributed by atoms with Crippen LogP contribution >= 0.6 is 0 Å². The second-order valence-electron chi connectivity index (χ2n) is 1.58. The molecule has 0 N–H and O–H groups in total. The Morgan fingerprint density at radius 3 is 2.89 bits per heavy atom. The highest BCUT2D eigenvalue weighted by atomic mass is 16.6. The van der Waals surface area contributed by atoms with E-state index in [1.807, 2.05) is 0 Å². The van der Waals surface area contributed by atoms with Gasteiger partial charge in [-0.3, -0.25) is 4.84 Å². The lowest BCUT2D eigenvalue weighted by atomic mass is 10.5. The number of nitrogens with zero attached hydrogens (tertiary/aromatic N) is 1. The molecule has 1 rings (SSSR count). The average Bonchev–Trinajstić information content (AvgIpc) is 1.88. The van der Waals surface area contributed by atoms with Crippen molar-refractivity contribution in [2.75, 3.05) is 7.11 Å². The van der Waals surface area contributed by atoms with Gasteiger partial charge in [-0.1, -0.05) is 6.07 Å². The molecule has 0 fully saturated rings. The minimum Gasteiger partial charge on any atom is -0.868 e. The van der Waals surface area contributed by atoms with Crippen LogP contribution in [-0.4, -0.2) is 7.11 Å². The molecule has 0 aromatic carbocycles. The summed E-state index contributed by atoms with van der Waals surface area (Å²) in [5.41, 5.74) is 0. The van der Waals surface area contributed by atoms with Crippen molar-refractivity contribution in [2.45, 2.75) is 0 Å². The molecule has 0 atom stereocenters. The third-order valence-electron chi connectivity index (χ3n) is 0.959. The van der Waals surface area contributed by atoms with Crippen LogP contribution in [0.2, 0.25) is 0 Å². The van der Waals surface area contributed by atoms with E-state index in [4.69, 9.17) is 4.84 Å². The van der Waals surface area contributed by atoms with E-state index in [1.54, 1.807) is 12.3 Å². The quantitative estimate of drug-likeness (QED) is 0.456. The van der Waals surface area contributed by atoms with Crippen molar-refractivity contribution in [3.8, 4) is 5.75 Å². The van der Waals surface area contributed by atoms with E-state index < -0.39 is 0 Å². The molecule has 1 aromatic heterocycles. The van der Waals surface area contributed by atoms with Crippen LogP contribution in [0.5, 0.6) is 5.75 Å². The lowest BCUT2D eigenvalue weighted by Crippen LogP contribution is -2.39. The second kappa shape index (κ2) is 2.35. The SMILES string of the molecule is CO[n+]1cccc([O-])c1. The number of hydrogen-bond donors (Lipinski definition) is 0. The molecular weight excluding hydrogens is 118 g/mol. The highest BCUT2D eigenvalue weighted by Gasteiger charge is 1.91. The zero-order chi connectivity index (χ0) is 6.69. The van der Waals surface area contributed by atoms with Gasteiger partial charge in [0.15, 0.2) is 0 Å². The molecule has 1 aromatic rings. The molecule has 3 nitrogen and oxygen atoms in total. The lowest BCUT2D eigenvalue weighted by Gasteiger charge is -1.98. The summed E-state index contributed by atoms with van der Waals surface area (Å²) in [6, 6.07) is 3.10. The second-order valence-corrected chi connectivity index (χ2v) is 1.58. The first kappa shape index (κ1) is 5.88. The normalized spacial score (nSPS) is 9.00. The molecule has 3 heteroatoms. The van der Waals surface area contributed by atoms with Crippen LogP contribution in [0.15, 0.2) is 24.5 Å². The topological polar surface area (TPSA) is 36.2 Å². The standard InChI is InChI=1S/C6H7NO2/c1-9-7-4-2-3-6(8)5-7/h2-5H,1H3. The molecule has 0 saturated carbocycles. The Hall–Kier alpha value is -1.25. The van der Waals surface area contributed by atoms with E-state index in [2.05, 4.69) is 0 Å². The Bertz CT molecular complexity index is 200. The fourth-order valence-electron chi connectivity index (χ4n) is 0.548. The van der Waals surface area contributed by atoms with E-state index in [1.165, 1.54) is 24.1 Å². The van der Waals surface area contributed by atoms with E-state index >= 15 is 0 Å². The van der Waals surface area contributed by atoms with Gasteiger partial charge in [0, 0.05) is 10.8 Å². The maximum absolute atomic E-state index is 10.5. The first-order chi connectivity index (χ1) is 4.33. The van der Waals surface area contributed by atoms with E-state index in [0.29, 0.717) is 0 Å². The molecule has 0 spiro atoms. The van der Waals surface area contributed by atoms with Gasteiger partial charge in [-0.15, -0.1) is 0 Å². The van der Waals surface area contributed by atoms with Crippen molar-refractivity contribution in [2.24, 2.45) is 0 Å². The molecule has 0 aliphatic heterocycles. The van der Waals surface area contributed by atoms with Crippen molar-refractivity contribution in [3.05, 3.63) is 24.5 Å². The monoisotopic (exact) mass is 125 g/mol. The van der Waals surface area contributed by atoms with Crippen LogP contribution < -0.4 is 14.7 Å². The van der Waals surface area contributed by atoms with Crippen LogP contribution in [0, 0.1) is 0 Å². The molecule has 0 amide bonds. The zero-order valence-corrected chi connectivity index (χ0v) is 5.07. The molecular formula is C6H7NO2. The van der Waals surface area contributed by atoms with E-state index in [-0.39, 0.29) is 5.75 Å². The van der Waals surface area contributed by atoms with Gasteiger partial charge >= 0.3 is 0 Å². The minimum absolute atomic E-state index is 0.0562. The van der Waals surface area contributed by atoms with Crippen LogP contribution in [0.25, 0.3) is 0 Å². The molecule has 0 bridgehead atoms. The fraction of sp³-hybridized carbons (Fsp3) is 0.167. The number of rotatable bonds is 1. The highest BCUT2D eigenvalue weighted by molar-refractivity contribution is 5.07. The summed E-state index contributed by atoms with van der Waals surface area (Å²) in [4.78, 5) is 4.71. The van der Waals surface area contributed by atoms with Crippen molar-refractivity contribution >= 4 is 0 Å². The predicted octanol–water partition coefficient (Wildman–Crippen LogP) is -0.894. The molecule has 0 aliphatic carbocycles. The molecule has 0 saturated heterocycles. The van der Waals surface area contributed by atoms with E-state index in [0.717, 1.165) is 0 Å².